The Morgan fingerprint density at radius 2 is 2.04 bits per heavy atom. The van der Waals surface area contributed by atoms with Crippen LogP contribution in [0.25, 0.3) is 22.3 Å². The summed E-state index contributed by atoms with van der Waals surface area (Å²) < 4.78 is 20.9. The zero-order chi connectivity index (χ0) is 18.3. The number of nitrogens with one attached hydrogen (secondary N) is 1. The number of benzene rings is 2. The molecule has 0 fully saturated rings. The Balaban J connectivity index is 1.77. The van der Waals surface area contributed by atoms with Crippen molar-refractivity contribution in [2.45, 2.75) is 6.92 Å². The molecular formula is C18H12ClFN4O2. The van der Waals surface area contributed by atoms with E-state index < -0.39 is 11.7 Å². The summed E-state index contributed by atoms with van der Waals surface area (Å²) in [4.78, 5) is 17.0. The van der Waals surface area contributed by atoms with Gasteiger partial charge in [0.1, 0.15) is 29.2 Å². The lowest BCUT2D eigenvalue weighted by molar-refractivity contribution is 0.101. The number of carbonyl (C=O) groups is 1. The maximum Gasteiger partial charge on any atom is 0.276 e. The molecule has 2 aromatic carbocycles. The largest absolute Gasteiger partial charge is 0.360 e. The highest BCUT2D eigenvalue weighted by Gasteiger charge is 2.25. The van der Waals surface area contributed by atoms with Crippen LogP contribution >= 0.6 is 11.6 Å². The average molecular weight is 371 g/mol. The number of hydrogen-bond acceptors (Lipinski definition) is 4. The topological polar surface area (TPSA) is 73.0 Å². The van der Waals surface area contributed by atoms with Gasteiger partial charge in [0.05, 0.1) is 21.6 Å². The molecule has 4 rings (SSSR count). The van der Waals surface area contributed by atoms with Crippen LogP contribution in [-0.2, 0) is 0 Å². The van der Waals surface area contributed by atoms with E-state index in [1.807, 2.05) is 24.3 Å². The third-order valence-corrected chi connectivity index (χ3v) is 4.28. The van der Waals surface area contributed by atoms with Crippen LogP contribution in [0.4, 0.5) is 4.39 Å². The molecule has 0 aliphatic heterocycles. The Labute approximate surface area is 152 Å². The molecule has 2 heterocycles. The fraction of sp³-hybridized carbons (Fsp3) is 0.0556. The van der Waals surface area contributed by atoms with Gasteiger partial charge in [0.25, 0.3) is 5.91 Å². The van der Waals surface area contributed by atoms with Gasteiger partial charge in [-0.05, 0) is 31.2 Å². The Morgan fingerprint density at radius 3 is 2.85 bits per heavy atom. The minimum absolute atomic E-state index is 0.0201. The maximum atomic E-state index is 14.3. The van der Waals surface area contributed by atoms with E-state index in [1.165, 1.54) is 29.2 Å². The van der Waals surface area contributed by atoms with Gasteiger partial charge in [0.15, 0.2) is 0 Å². The molecule has 26 heavy (non-hydrogen) atoms. The Kier molecular flexibility index (Phi) is 3.93. The standard InChI is InChI=1S/C18H12ClFN4O2/c1-10-15(17(23-26-10)16-11(19)5-4-6-12(16)20)18(25)22-24-9-21-13-7-2-3-8-14(13)24/h2-9H,1H3,(H,22,25). The fourth-order valence-corrected chi connectivity index (χ4v) is 3.00. The van der Waals surface area contributed by atoms with Crippen LogP contribution in [0.3, 0.4) is 0 Å². The number of aromatic nitrogens is 3. The number of hydrogen-bond donors (Lipinski definition) is 1. The first-order chi connectivity index (χ1) is 12.6. The number of nitrogens with zero attached hydrogens (tertiary/aromatic N) is 3. The van der Waals surface area contributed by atoms with Crippen LogP contribution < -0.4 is 5.43 Å². The van der Waals surface area contributed by atoms with E-state index in [0.29, 0.717) is 0 Å². The summed E-state index contributed by atoms with van der Waals surface area (Å²) in [5.41, 5.74) is 4.33. The highest BCUT2D eigenvalue weighted by molar-refractivity contribution is 6.33. The smallest absolute Gasteiger partial charge is 0.276 e. The molecule has 0 bridgehead atoms. The van der Waals surface area contributed by atoms with Gasteiger partial charge in [-0.25, -0.2) is 14.1 Å². The van der Waals surface area contributed by atoms with Gasteiger partial charge in [-0.2, -0.15) is 0 Å². The van der Waals surface area contributed by atoms with Crippen LogP contribution in [0.1, 0.15) is 16.1 Å². The summed E-state index contributed by atoms with van der Waals surface area (Å²) >= 11 is 6.10. The SMILES string of the molecule is Cc1onc(-c2c(F)cccc2Cl)c1C(=O)Nn1cnc2ccccc21. The molecule has 0 aliphatic rings. The molecule has 0 radical (unpaired) electrons. The Bertz CT molecular complexity index is 1120. The minimum Gasteiger partial charge on any atom is -0.360 e. The molecule has 130 valence electrons. The number of rotatable bonds is 3. The molecule has 0 atom stereocenters. The second-order valence-electron chi connectivity index (χ2n) is 5.60. The van der Waals surface area contributed by atoms with Crippen molar-refractivity contribution >= 4 is 28.5 Å². The third-order valence-electron chi connectivity index (χ3n) is 3.96. The van der Waals surface area contributed by atoms with Gasteiger partial charge >= 0.3 is 0 Å². The summed E-state index contributed by atoms with van der Waals surface area (Å²) in [5.74, 6) is -0.851. The molecule has 0 unspecified atom stereocenters. The summed E-state index contributed by atoms with van der Waals surface area (Å²) in [6.45, 7) is 1.58. The molecule has 1 N–H and O–H groups in total. The molecule has 6 nitrogen and oxygen atoms in total. The lowest BCUT2D eigenvalue weighted by Crippen LogP contribution is -2.23. The molecule has 0 aliphatic carbocycles. The van der Waals surface area contributed by atoms with Crippen LogP contribution in [0.15, 0.2) is 53.3 Å². The summed E-state index contributed by atoms with van der Waals surface area (Å²) in [6, 6.07) is 11.6. The molecule has 4 aromatic rings. The first-order valence-electron chi connectivity index (χ1n) is 7.70. The van der Waals surface area contributed by atoms with E-state index in [2.05, 4.69) is 15.6 Å². The zero-order valence-electron chi connectivity index (χ0n) is 13.5. The molecule has 0 saturated heterocycles. The molecule has 0 saturated carbocycles. The van der Waals surface area contributed by atoms with Crippen molar-refractivity contribution in [1.82, 2.24) is 14.8 Å². The van der Waals surface area contributed by atoms with Crippen molar-refractivity contribution in [3.8, 4) is 11.3 Å². The van der Waals surface area contributed by atoms with Crippen molar-refractivity contribution in [2.24, 2.45) is 0 Å². The van der Waals surface area contributed by atoms with Gasteiger partial charge in [-0.3, -0.25) is 10.2 Å². The highest BCUT2D eigenvalue weighted by Crippen LogP contribution is 2.33. The minimum atomic E-state index is -0.590. The van der Waals surface area contributed by atoms with Gasteiger partial charge in [-0.1, -0.05) is 35.0 Å². The molecular weight excluding hydrogens is 359 g/mol. The van der Waals surface area contributed by atoms with Gasteiger partial charge < -0.3 is 4.52 Å². The zero-order valence-corrected chi connectivity index (χ0v) is 14.3. The number of carbonyl (C=O) groups excluding carboxylic acids is 1. The van der Waals surface area contributed by atoms with Crippen LogP contribution in [0.2, 0.25) is 5.02 Å². The molecule has 0 spiro atoms. The predicted molar refractivity (Wildman–Crippen MR) is 95.1 cm³/mol. The monoisotopic (exact) mass is 370 g/mol. The van der Waals surface area contributed by atoms with E-state index in [1.54, 1.807) is 6.92 Å². The normalized spacial score (nSPS) is 11.0. The summed E-state index contributed by atoms with van der Waals surface area (Å²) in [5, 5.41) is 3.97. The van der Waals surface area contributed by atoms with E-state index in [0.717, 1.165) is 11.0 Å². The summed E-state index contributed by atoms with van der Waals surface area (Å²) in [6.07, 6.45) is 1.49. The molecule has 8 heteroatoms. The van der Waals surface area contributed by atoms with Crippen LogP contribution in [-0.4, -0.2) is 20.7 Å². The number of aryl methyl sites for hydroxylation is 1. The van der Waals surface area contributed by atoms with E-state index in [4.69, 9.17) is 16.1 Å². The maximum absolute atomic E-state index is 14.3. The fourth-order valence-electron chi connectivity index (χ4n) is 2.75. The van der Waals surface area contributed by atoms with Crippen LogP contribution in [0.5, 0.6) is 0 Å². The van der Waals surface area contributed by atoms with Crippen molar-refractivity contribution in [1.29, 1.82) is 0 Å². The van der Waals surface area contributed by atoms with Crippen molar-refractivity contribution < 1.29 is 13.7 Å². The highest BCUT2D eigenvalue weighted by atomic mass is 35.5. The van der Waals surface area contributed by atoms with E-state index in [9.17, 15) is 9.18 Å². The number of halogens is 2. The summed E-state index contributed by atoms with van der Waals surface area (Å²) in [7, 11) is 0. The van der Waals surface area contributed by atoms with Crippen LogP contribution in [0, 0.1) is 12.7 Å². The lowest BCUT2D eigenvalue weighted by atomic mass is 10.1. The van der Waals surface area contributed by atoms with E-state index >= 15 is 0 Å². The first-order valence-corrected chi connectivity index (χ1v) is 8.08. The second kappa shape index (κ2) is 6.27. The van der Waals surface area contributed by atoms with Crippen molar-refractivity contribution in [3.05, 3.63) is 71.0 Å². The van der Waals surface area contributed by atoms with Crippen molar-refractivity contribution in [2.75, 3.05) is 5.43 Å². The van der Waals surface area contributed by atoms with Crippen molar-refractivity contribution in [3.63, 3.8) is 0 Å². The molecule has 1 amide bonds. The molecule has 2 aromatic heterocycles. The third kappa shape index (κ3) is 2.62. The number of imidazole rings is 1. The van der Waals surface area contributed by atoms with E-state index in [-0.39, 0.29) is 27.6 Å². The number of amides is 1. The van der Waals surface area contributed by atoms with Gasteiger partial charge in [0.2, 0.25) is 0 Å². The average Bonchev–Trinajstić information content (AvgIpc) is 3.19. The number of para-hydroxylation sites is 2. The lowest BCUT2D eigenvalue weighted by Gasteiger charge is -2.08. The quantitative estimate of drug-likeness (QED) is 0.587. The van der Waals surface area contributed by atoms with Gasteiger partial charge in [0, 0.05) is 0 Å². The Morgan fingerprint density at radius 1 is 1.23 bits per heavy atom. The predicted octanol–water partition coefficient (Wildman–Crippen LogP) is 4.18. The Hall–Kier alpha value is -3.19. The second-order valence-corrected chi connectivity index (χ2v) is 6.01. The number of fused-ring (bicyclic) bond motifs is 1. The first kappa shape index (κ1) is 16.3. The van der Waals surface area contributed by atoms with Gasteiger partial charge in [-0.15, -0.1) is 0 Å².